The summed E-state index contributed by atoms with van der Waals surface area (Å²) in [5.74, 6) is -0.858. The molecule has 21 heavy (non-hydrogen) atoms. The zero-order chi connectivity index (χ0) is 15.1. The number of rotatable bonds is 2. The van der Waals surface area contributed by atoms with Gasteiger partial charge in [0.1, 0.15) is 11.5 Å². The Balaban J connectivity index is 2.09. The third kappa shape index (κ3) is 2.46. The van der Waals surface area contributed by atoms with E-state index in [-0.39, 0.29) is 5.70 Å². The summed E-state index contributed by atoms with van der Waals surface area (Å²) in [6, 6.07) is 3.03. The first kappa shape index (κ1) is 13.9. The Morgan fingerprint density at radius 3 is 2.76 bits per heavy atom. The first-order chi connectivity index (χ1) is 9.95. The predicted octanol–water partition coefficient (Wildman–Crippen LogP) is 4.11. The molecule has 110 valence electrons. The Bertz CT molecular complexity index is 759. The molecule has 2 heterocycles. The molecule has 0 saturated heterocycles. The number of H-pyrrole nitrogens is 1. The van der Waals surface area contributed by atoms with Gasteiger partial charge in [0.15, 0.2) is 0 Å². The highest BCUT2D eigenvalue weighted by Gasteiger charge is 2.24. The maximum absolute atomic E-state index is 14.3. The second-order valence-electron chi connectivity index (χ2n) is 5.29. The van der Waals surface area contributed by atoms with Crippen LogP contribution in [0.4, 0.5) is 13.2 Å². The van der Waals surface area contributed by atoms with E-state index >= 15 is 0 Å². The minimum atomic E-state index is -2.65. The van der Waals surface area contributed by atoms with Gasteiger partial charge in [-0.3, -0.25) is 10.1 Å². The van der Waals surface area contributed by atoms with Crippen molar-refractivity contribution in [2.45, 2.75) is 32.6 Å². The average molecular weight is 293 g/mol. The fourth-order valence-corrected chi connectivity index (χ4v) is 2.67. The second kappa shape index (κ2) is 5.02. The largest absolute Gasteiger partial charge is 0.282 e. The molecule has 0 aliphatic carbocycles. The van der Waals surface area contributed by atoms with Gasteiger partial charge in [0, 0.05) is 28.8 Å². The molecule has 1 aromatic carbocycles. The van der Waals surface area contributed by atoms with Crippen molar-refractivity contribution in [2.75, 3.05) is 0 Å². The van der Waals surface area contributed by atoms with E-state index in [1.807, 2.05) is 6.92 Å². The number of nitrogens with zero attached hydrogens (tertiary/aromatic N) is 2. The Morgan fingerprint density at radius 2 is 2.05 bits per heavy atom. The van der Waals surface area contributed by atoms with Crippen LogP contribution in [0.3, 0.4) is 0 Å². The van der Waals surface area contributed by atoms with Crippen molar-refractivity contribution in [1.29, 1.82) is 0 Å². The summed E-state index contributed by atoms with van der Waals surface area (Å²) in [4.78, 5) is 3.84. The van der Waals surface area contributed by atoms with Crippen LogP contribution >= 0.6 is 0 Å². The minimum absolute atomic E-state index is 0.285. The summed E-state index contributed by atoms with van der Waals surface area (Å²) in [5, 5.41) is 7.60. The molecule has 1 atom stereocenters. The number of hydrogen-bond donors (Lipinski definition) is 1. The van der Waals surface area contributed by atoms with Crippen LogP contribution in [-0.2, 0) is 0 Å². The minimum Gasteiger partial charge on any atom is -0.282 e. The summed E-state index contributed by atoms with van der Waals surface area (Å²) in [5.41, 5.74) is 2.06. The van der Waals surface area contributed by atoms with Crippen LogP contribution in [0.25, 0.3) is 10.9 Å². The fraction of sp³-hybridized carbons (Fsp3) is 0.333. The van der Waals surface area contributed by atoms with Gasteiger partial charge in [-0.15, -0.1) is 0 Å². The zero-order valence-corrected chi connectivity index (χ0v) is 11.6. The van der Waals surface area contributed by atoms with Crippen molar-refractivity contribution in [3.8, 4) is 0 Å². The van der Waals surface area contributed by atoms with E-state index in [0.717, 1.165) is 11.1 Å². The summed E-state index contributed by atoms with van der Waals surface area (Å²) < 4.78 is 40.0. The molecule has 3 nitrogen and oxygen atoms in total. The van der Waals surface area contributed by atoms with Crippen LogP contribution in [0.2, 0.25) is 0 Å². The number of aromatic nitrogens is 2. The first-order valence-corrected chi connectivity index (χ1v) is 6.64. The van der Waals surface area contributed by atoms with Crippen LogP contribution in [-0.4, -0.2) is 22.3 Å². The van der Waals surface area contributed by atoms with Crippen molar-refractivity contribution in [3.05, 3.63) is 41.0 Å². The molecule has 0 bridgehead atoms. The van der Waals surface area contributed by atoms with Gasteiger partial charge in [-0.1, -0.05) is 0 Å². The monoisotopic (exact) mass is 293 g/mol. The lowest BCUT2D eigenvalue weighted by Gasteiger charge is -2.20. The molecule has 1 N–H and O–H groups in total. The van der Waals surface area contributed by atoms with Crippen LogP contribution < -0.4 is 0 Å². The van der Waals surface area contributed by atoms with Crippen molar-refractivity contribution in [2.24, 2.45) is 4.99 Å². The molecule has 0 saturated carbocycles. The number of nitrogens with one attached hydrogen (secondary N) is 1. The van der Waals surface area contributed by atoms with Gasteiger partial charge in [0.2, 0.25) is 0 Å². The van der Waals surface area contributed by atoms with Crippen molar-refractivity contribution < 1.29 is 13.2 Å². The molecule has 1 aromatic heterocycles. The van der Waals surface area contributed by atoms with Gasteiger partial charge in [0.05, 0.1) is 5.52 Å². The molecule has 2 aromatic rings. The topological polar surface area (TPSA) is 41.0 Å². The van der Waals surface area contributed by atoms with E-state index in [2.05, 4.69) is 15.2 Å². The third-order valence-electron chi connectivity index (χ3n) is 3.69. The number of halogens is 3. The third-order valence-corrected chi connectivity index (χ3v) is 3.69. The lowest BCUT2D eigenvalue weighted by atomic mass is 9.89. The molecule has 3 rings (SSSR count). The summed E-state index contributed by atoms with van der Waals surface area (Å²) >= 11 is 0. The highest BCUT2D eigenvalue weighted by molar-refractivity contribution is 5.86. The summed E-state index contributed by atoms with van der Waals surface area (Å²) in [6.45, 7) is 3.52. The number of aromatic amines is 1. The molecule has 6 heteroatoms. The summed E-state index contributed by atoms with van der Waals surface area (Å²) in [7, 11) is 0. The quantitative estimate of drug-likeness (QED) is 0.889. The highest BCUT2D eigenvalue weighted by atomic mass is 19.3. The van der Waals surface area contributed by atoms with Gasteiger partial charge >= 0.3 is 0 Å². The molecule has 1 aliphatic rings. The maximum atomic E-state index is 14.3. The van der Waals surface area contributed by atoms with Gasteiger partial charge in [-0.25, -0.2) is 13.2 Å². The molecular formula is C15H14F3N3. The van der Waals surface area contributed by atoms with E-state index in [4.69, 9.17) is 0 Å². The SMILES string of the molecule is CC1=NC(C(F)F)=C[C@@H](c2cc3c(C)[nH]nc3cc2F)C1. The Kier molecular flexibility index (Phi) is 3.31. The standard InChI is InChI=1S/C15H14F3N3/c1-7-3-9(4-14(19-7)15(17)18)11-5-10-8(2)20-21-13(10)6-12(11)16/h4-6,9,15H,3H2,1-2H3,(H,20,21)/t9-/m0/s1. The van der Waals surface area contributed by atoms with Crippen LogP contribution in [0, 0.1) is 12.7 Å². The number of aryl methyl sites for hydroxylation is 1. The Morgan fingerprint density at radius 1 is 1.29 bits per heavy atom. The highest BCUT2D eigenvalue weighted by Crippen LogP contribution is 2.33. The van der Waals surface area contributed by atoms with Gasteiger partial charge in [-0.2, -0.15) is 5.10 Å². The lowest BCUT2D eigenvalue weighted by molar-refractivity contribution is 0.187. The van der Waals surface area contributed by atoms with Crippen molar-refractivity contribution >= 4 is 16.6 Å². The second-order valence-corrected chi connectivity index (χ2v) is 5.29. The first-order valence-electron chi connectivity index (χ1n) is 6.64. The molecule has 0 fully saturated rings. The molecule has 1 aliphatic heterocycles. The maximum Gasteiger partial charge on any atom is 0.280 e. The van der Waals surface area contributed by atoms with E-state index in [1.165, 1.54) is 12.1 Å². The van der Waals surface area contributed by atoms with Gasteiger partial charge in [-0.05, 0) is 38.0 Å². The number of aliphatic imine (C=N–C) groups is 1. The fourth-order valence-electron chi connectivity index (χ4n) is 2.67. The smallest absolute Gasteiger partial charge is 0.280 e. The van der Waals surface area contributed by atoms with Crippen LogP contribution in [0.1, 0.15) is 30.5 Å². The molecular weight excluding hydrogens is 279 g/mol. The van der Waals surface area contributed by atoms with E-state index in [1.54, 1.807) is 13.0 Å². The van der Waals surface area contributed by atoms with E-state index in [9.17, 15) is 13.2 Å². The van der Waals surface area contributed by atoms with Gasteiger partial charge < -0.3 is 0 Å². The average Bonchev–Trinajstić information content (AvgIpc) is 2.78. The number of benzene rings is 1. The van der Waals surface area contributed by atoms with Crippen LogP contribution in [0.15, 0.2) is 28.9 Å². The normalized spacial score (nSPS) is 19.0. The number of fused-ring (bicyclic) bond motifs is 1. The van der Waals surface area contributed by atoms with E-state index in [0.29, 0.717) is 23.2 Å². The Hall–Kier alpha value is -2.11. The molecule has 0 radical (unpaired) electrons. The van der Waals surface area contributed by atoms with Gasteiger partial charge in [0.25, 0.3) is 6.43 Å². The predicted molar refractivity (Wildman–Crippen MR) is 75.3 cm³/mol. The number of hydrogen-bond acceptors (Lipinski definition) is 2. The van der Waals surface area contributed by atoms with Crippen LogP contribution in [0.5, 0.6) is 0 Å². The zero-order valence-electron chi connectivity index (χ0n) is 11.6. The molecule has 0 unspecified atom stereocenters. The van der Waals surface area contributed by atoms with Crippen molar-refractivity contribution in [1.82, 2.24) is 10.2 Å². The molecule has 0 amide bonds. The lowest BCUT2D eigenvalue weighted by Crippen LogP contribution is -2.12. The number of allylic oxidation sites excluding steroid dienone is 2. The summed E-state index contributed by atoms with van der Waals surface area (Å²) in [6.07, 6.45) is -0.849. The van der Waals surface area contributed by atoms with Crippen molar-refractivity contribution in [3.63, 3.8) is 0 Å². The molecule has 0 spiro atoms. The van der Waals surface area contributed by atoms with E-state index < -0.39 is 18.2 Å². The number of alkyl halides is 2. The Labute approximate surface area is 119 Å².